The number of ether oxygens (including phenoxy) is 6. The largest absolute Gasteiger partial charge is 1.00 e. The summed E-state index contributed by atoms with van der Waals surface area (Å²) in [7, 11) is -4.82. The minimum absolute atomic E-state index is 0. The van der Waals surface area contributed by atoms with Crippen LogP contribution in [0.1, 0.15) is 220 Å². The number of rotatable bonds is 28. The number of aliphatic hydroxyl groups excluding tert-OH is 1. The minimum atomic E-state index is -3.48. The number of nitrogens with two attached hydrogens (primary N) is 4. The fourth-order valence-corrected chi connectivity index (χ4v) is 11.1. The van der Waals surface area contributed by atoms with Crippen LogP contribution in [0.2, 0.25) is 0 Å². The second-order valence-electron chi connectivity index (χ2n) is 34.1. The van der Waals surface area contributed by atoms with E-state index in [1.165, 1.54) is 12.8 Å². The van der Waals surface area contributed by atoms with E-state index in [0.29, 0.717) is 43.6 Å². The molecule has 820 valence electrons. The van der Waals surface area contributed by atoms with E-state index in [9.17, 15) is 42.0 Å². The van der Waals surface area contributed by atoms with Crippen molar-refractivity contribution in [2.75, 3.05) is 54.0 Å². The molecule has 2 aliphatic heterocycles. The van der Waals surface area contributed by atoms with Gasteiger partial charge in [-0.25, -0.2) is 24.0 Å². The number of fused-ring (bicyclic) bond motifs is 1. The zero-order chi connectivity index (χ0) is 108. The van der Waals surface area contributed by atoms with Crippen molar-refractivity contribution in [3.05, 3.63) is 265 Å². The molecule has 0 radical (unpaired) electrons. The minimum Gasteiger partial charge on any atom is -0.512 e. The molecule has 1 saturated heterocycles. The van der Waals surface area contributed by atoms with Crippen LogP contribution in [0.5, 0.6) is 0 Å². The summed E-state index contributed by atoms with van der Waals surface area (Å²) >= 11 is 4.97. The molecule has 0 spiro atoms. The zero-order valence-electron chi connectivity index (χ0n) is 86.4. The van der Waals surface area contributed by atoms with Gasteiger partial charge in [0, 0.05) is 122 Å². The van der Waals surface area contributed by atoms with E-state index < -0.39 is 58.2 Å². The fraction of sp³-hybridized carbons (Fsp3) is 0.444. The van der Waals surface area contributed by atoms with Crippen molar-refractivity contribution >= 4 is 112 Å². The van der Waals surface area contributed by atoms with E-state index in [0.717, 1.165) is 70.9 Å². The van der Waals surface area contributed by atoms with Gasteiger partial charge in [-0.15, -0.1) is 0 Å². The average molecular weight is 2140 g/mol. The van der Waals surface area contributed by atoms with Crippen LogP contribution in [-0.2, 0) is 72.1 Å². The van der Waals surface area contributed by atoms with Gasteiger partial charge in [0.05, 0.1) is 68.7 Å². The van der Waals surface area contributed by atoms with Crippen LogP contribution in [0.4, 0.5) is 46.7 Å². The summed E-state index contributed by atoms with van der Waals surface area (Å²) in [6.07, 6.45) is 4.44. The molecule has 6 amide bonds. The number of amides is 6. The van der Waals surface area contributed by atoms with Gasteiger partial charge in [0.25, 0.3) is 10.1 Å². The maximum absolute atomic E-state index is 12.0. The normalized spacial score (nSPS) is 12.9. The number of nitrogens with one attached hydrogen (secondary N) is 8. The molecule has 41 heteroatoms. The number of primary amides is 1. The molecule has 10 atom stereocenters. The molecule has 2 aliphatic rings. The third-order valence-corrected chi connectivity index (χ3v) is 17.6. The first-order chi connectivity index (χ1) is 67.6. The van der Waals surface area contributed by atoms with Gasteiger partial charge in [0.2, 0.25) is 11.8 Å². The Labute approximate surface area is 921 Å². The van der Waals surface area contributed by atoms with Crippen LogP contribution < -0.4 is 100 Å². The Hall–Kier alpha value is -12.6. The van der Waals surface area contributed by atoms with Crippen molar-refractivity contribution in [3.8, 4) is 24.3 Å². The summed E-state index contributed by atoms with van der Waals surface area (Å²) < 4.78 is 55.7. The molecule has 10 rings (SSSR count). The van der Waals surface area contributed by atoms with Gasteiger partial charge < -0.3 is 116 Å². The van der Waals surface area contributed by atoms with Gasteiger partial charge in [-0.3, -0.25) is 19.1 Å². The summed E-state index contributed by atoms with van der Waals surface area (Å²) in [6.45, 7) is 34.6. The fourth-order valence-electron chi connectivity index (χ4n) is 10.6. The maximum atomic E-state index is 12.0. The standard InChI is InChI=1S/C18H20N2O3.C18H20N2O2.C10H14N2O.C10H12N2.C9H16N2O2.C9H19NO5S.C8H7ClO2.C6H7BO2.2C4H8N2.C4H8O.C3H9NO.CN.4CH4.Na.H2S/c1-14(19-16-10-6-3-7-11-16)12-17(21)20-18(22)23-13-15-8-4-2-5-9-15;1-13-11-17(15-9-5-6-10-16(15)19-13)20-18(21)22-12-14-7-3-2-4-8-14;1-8(7-10(11)13)12-9-5-3-2-4-6-9;1-9(7-8-11)12-10-5-3-2-4-6-10;1-7(5-6-10)11-8(12)13-9(2,3)4;1-7(6-14-16(5,12)13)10-8(11)15-9(2,3)4;9-8(10)11-6-7-4-2-1-3-5-7;8-7(9)6-4-2-1-3-5-6;2*1-4(6)2-3-5;1-2-4-5-3-1;1-3(4)2-5;1-2;;;;;;/h2-11,14,19H,12-13H2,1H3,(H,20,21,22);2-10,13,17,19H,11-12H2,1H3,(H,20,21);2-6,8,12H,7H2,1H3,(H2,11,13);2-6,9,12H,7H2,1H3;7H,5H2,1-4H3,(H,11,12);7H,6H2,1-5H3,(H,10,11);1-5H,6H2;1-5,8-9H;2*4H,2,6H2,1H3;1-4H2;3,5H,2,4H2,1H3;;4*1H4;;1H2/q;;;;;;;;;;;;-1;;;;;+1;/t14-;13-,17+;8-;9-;2*7-;;;2*4-;;3-;;;;;;;/m000000..00.0......./s1. The Morgan fingerprint density at radius 2 is 0.826 bits per heavy atom. The Morgan fingerprint density at radius 1 is 0.497 bits per heavy atom. The number of aliphatic hydroxyl groups is 1. The molecule has 8 aromatic rings. The van der Waals surface area contributed by atoms with Gasteiger partial charge in [-0.1, -0.05) is 224 Å². The van der Waals surface area contributed by atoms with E-state index in [4.69, 9.17) is 106 Å². The number of nitriles is 4. The van der Waals surface area contributed by atoms with Crippen LogP contribution in [-0.4, -0.2) is 171 Å². The number of anilines is 4. The first kappa shape index (κ1) is 154. The van der Waals surface area contributed by atoms with Gasteiger partial charge in [-0.05, 0) is 193 Å². The number of halogens is 1. The molecule has 2 heterocycles. The molecule has 36 nitrogen and oxygen atoms in total. The molecular formula is C108H166BClN17NaO19S2. The number of hydrogen-bond donors (Lipinski definition) is 15. The van der Waals surface area contributed by atoms with Crippen LogP contribution in [0.3, 0.4) is 0 Å². The maximum Gasteiger partial charge on any atom is 1.00 e. The second kappa shape index (κ2) is 95.1. The Kier molecular flexibility index (Phi) is 98.4. The summed E-state index contributed by atoms with van der Waals surface area (Å²) in [5, 5.41) is 87.2. The van der Waals surface area contributed by atoms with E-state index in [-0.39, 0.29) is 178 Å². The predicted molar refractivity (Wildman–Crippen MR) is 597 cm³/mol. The number of alkyl carbamates (subject to hydrolysis) is 4. The van der Waals surface area contributed by atoms with E-state index in [2.05, 4.69) is 64.4 Å². The summed E-state index contributed by atoms with van der Waals surface area (Å²) in [6, 6.07) is 82.2. The van der Waals surface area contributed by atoms with E-state index >= 15 is 0 Å². The number of nitrogens with zero attached hydrogens (tertiary/aromatic N) is 5. The topological polar surface area (TPSA) is 598 Å². The van der Waals surface area contributed by atoms with Crippen molar-refractivity contribution in [2.45, 2.75) is 283 Å². The van der Waals surface area contributed by atoms with Crippen LogP contribution >= 0.6 is 25.1 Å². The number of imide groups is 1. The molecule has 149 heavy (non-hydrogen) atoms. The molecule has 19 N–H and O–H groups in total. The smallest absolute Gasteiger partial charge is 0.512 e. The quantitative estimate of drug-likeness (QED) is 0.00712. The number of hydrogen-bond acceptors (Lipinski definition) is 31. The molecular weight excluding hydrogens is 1970 g/mol. The monoisotopic (exact) mass is 2140 g/mol. The van der Waals surface area contributed by atoms with Gasteiger partial charge in [0.1, 0.15) is 31.0 Å². The van der Waals surface area contributed by atoms with Crippen LogP contribution in [0, 0.1) is 57.2 Å². The van der Waals surface area contributed by atoms with E-state index in [1.807, 2.05) is 265 Å². The average Bonchev–Trinajstić information content (AvgIpc) is 1.24. The third kappa shape index (κ3) is 98.5. The molecule has 1 fully saturated rings. The molecule has 8 aromatic carbocycles. The summed E-state index contributed by atoms with van der Waals surface area (Å²) in [5.74, 6) is -0.657. The summed E-state index contributed by atoms with van der Waals surface area (Å²) in [5.41, 5.74) is 27.1. The Balaban J connectivity index is -0.000000209. The molecule has 0 saturated carbocycles. The van der Waals surface area contributed by atoms with Crippen molar-refractivity contribution in [1.29, 1.82) is 26.3 Å². The number of carbonyl (C=O) groups is 7. The summed E-state index contributed by atoms with van der Waals surface area (Å²) in [4.78, 5) is 78.6. The van der Waals surface area contributed by atoms with Crippen LogP contribution in [0.25, 0.3) is 0 Å². The molecule has 0 unspecified atom stereocenters. The first-order valence-corrected chi connectivity index (χ1v) is 48.1. The van der Waals surface area contributed by atoms with Crippen molar-refractivity contribution in [2.24, 2.45) is 22.9 Å². The number of carbonyl (C=O) groups excluding carboxylic acids is 7. The molecule has 0 aliphatic carbocycles. The van der Waals surface area contributed by atoms with Gasteiger partial charge in [0.15, 0.2) is 0 Å². The predicted octanol–water partition coefficient (Wildman–Crippen LogP) is 15.9. The Morgan fingerprint density at radius 3 is 1.14 bits per heavy atom. The second-order valence-corrected chi connectivity index (χ2v) is 36.1. The SMILES string of the molecule is C.C.C.C.C1CCOC1.C[C@@H](CC#N)NC(=O)OC(C)(C)C.C[C@@H](CC#N)Nc1ccccc1.C[C@@H](CC(=O)NC(=O)OCc1ccccc1)Nc1ccccc1.C[C@@H](CC(N)=O)Nc1ccccc1.C[C@@H](COS(C)(=O)=O)NC(=O)OC(C)(C)C.C[C@H](N)CC#N.C[C@H](N)CC#N.C[C@H](N)CO.C[C@H]1C[C@@H](NC(=O)OCc2ccccc2)c2ccccc2N1.O=C(Cl)OCc1ccccc1.OB(O)c1ccccc1.S.[C-]#N.[Na+]. The Bertz CT molecular complexity index is 5010. The van der Waals surface area contributed by atoms with Crippen LogP contribution in [0.15, 0.2) is 237 Å². The molecule has 0 bridgehead atoms. The van der Waals surface area contributed by atoms with Crippen molar-refractivity contribution in [1.82, 2.24) is 21.3 Å². The molecule has 0 aromatic heterocycles. The zero-order valence-corrected chi connectivity index (χ0v) is 91.0. The van der Waals surface area contributed by atoms with Crippen molar-refractivity contribution < 1.29 is 119 Å². The van der Waals surface area contributed by atoms with Gasteiger partial charge >= 0.3 is 66.5 Å². The first-order valence-electron chi connectivity index (χ1n) is 45.9. The number of benzene rings is 8. The van der Waals surface area contributed by atoms with Crippen molar-refractivity contribution in [3.63, 3.8) is 0 Å². The van der Waals surface area contributed by atoms with Gasteiger partial charge in [-0.2, -0.15) is 43.0 Å². The third-order valence-electron chi connectivity index (χ3n) is 16.9. The van der Waals surface area contributed by atoms with E-state index in [1.54, 1.807) is 86.6 Å². The number of para-hydroxylation sites is 4.